The van der Waals surface area contributed by atoms with Crippen molar-refractivity contribution in [1.29, 1.82) is 0 Å². The van der Waals surface area contributed by atoms with Gasteiger partial charge >= 0.3 is 12.1 Å². The number of amides is 8. The Morgan fingerprint density at radius 1 is 0.538 bits per heavy atom. The van der Waals surface area contributed by atoms with Crippen LogP contribution < -0.4 is 21.3 Å². The average molecular weight is 358 g/mol. The second-order valence-corrected chi connectivity index (χ2v) is 5.95. The smallest absolute Gasteiger partial charge is 0.277 e. The maximum absolute atomic E-state index is 11.7. The van der Waals surface area contributed by atoms with E-state index in [4.69, 9.17) is 0 Å². The lowest BCUT2D eigenvalue weighted by Gasteiger charge is -2.21. The van der Waals surface area contributed by atoms with Gasteiger partial charge in [0.2, 0.25) is 23.6 Å². The van der Waals surface area contributed by atoms with E-state index in [2.05, 4.69) is 0 Å². The van der Waals surface area contributed by atoms with E-state index in [1.54, 1.807) is 24.3 Å². The summed E-state index contributed by atoms with van der Waals surface area (Å²) in [6.07, 6.45) is 0.203. The van der Waals surface area contributed by atoms with Crippen molar-refractivity contribution in [3.05, 3.63) is 35.4 Å². The molecule has 0 spiro atoms. The van der Waals surface area contributed by atoms with Crippen molar-refractivity contribution in [2.75, 3.05) is 0 Å². The van der Waals surface area contributed by atoms with Crippen molar-refractivity contribution in [3.8, 4) is 0 Å². The summed E-state index contributed by atoms with van der Waals surface area (Å²) in [5.41, 5.74) is 1.34. The molecule has 0 unspecified atom stereocenters. The molecule has 0 saturated carbocycles. The zero-order chi connectivity index (χ0) is 18.8. The first-order valence-electron chi connectivity index (χ1n) is 7.72. The SMILES string of the molecule is O=C1NC(=O)C(Cc2ccc(CC3C(=O)NC(=O)NC3=O)cc2)C(=O)N1. The van der Waals surface area contributed by atoms with Gasteiger partial charge in [0.1, 0.15) is 11.8 Å². The van der Waals surface area contributed by atoms with Crippen LogP contribution in [-0.4, -0.2) is 35.7 Å². The van der Waals surface area contributed by atoms with Crippen LogP contribution in [-0.2, 0) is 32.0 Å². The quantitative estimate of drug-likeness (QED) is 0.493. The van der Waals surface area contributed by atoms with E-state index in [1.165, 1.54) is 0 Å². The highest BCUT2D eigenvalue weighted by atomic mass is 16.2. The molecule has 4 N–H and O–H groups in total. The Hall–Kier alpha value is -3.56. The Morgan fingerprint density at radius 2 is 0.808 bits per heavy atom. The largest absolute Gasteiger partial charge is 0.328 e. The fourth-order valence-corrected chi connectivity index (χ4v) is 2.75. The number of benzene rings is 1. The molecule has 0 aliphatic carbocycles. The Balaban J connectivity index is 1.65. The average Bonchev–Trinajstić information content (AvgIpc) is 2.55. The first-order chi connectivity index (χ1) is 12.3. The number of hydrogen-bond acceptors (Lipinski definition) is 6. The molecule has 10 nitrogen and oxygen atoms in total. The third-order valence-electron chi connectivity index (χ3n) is 4.12. The molecule has 134 valence electrons. The number of carbonyl (C=O) groups excluding carboxylic acids is 6. The van der Waals surface area contributed by atoms with Crippen LogP contribution in [0.4, 0.5) is 9.59 Å². The van der Waals surface area contributed by atoms with Crippen molar-refractivity contribution < 1.29 is 28.8 Å². The van der Waals surface area contributed by atoms with Gasteiger partial charge in [-0.1, -0.05) is 24.3 Å². The monoisotopic (exact) mass is 358 g/mol. The summed E-state index contributed by atoms with van der Waals surface area (Å²) in [7, 11) is 0. The lowest BCUT2D eigenvalue weighted by atomic mass is 9.93. The normalized spacial score (nSPS) is 18.9. The van der Waals surface area contributed by atoms with Gasteiger partial charge < -0.3 is 0 Å². The molecule has 2 aliphatic heterocycles. The fourth-order valence-electron chi connectivity index (χ4n) is 2.75. The predicted octanol–water partition coefficient (Wildman–Crippen LogP) is -1.26. The minimum absolute atomic E-state index is 0.101. The molecule has 2 saturated heterocycles. The molecule has 0 aromatic heterocycles. The number of imide groups is 4. The van der Waals surface area contributed by atoms with Crippen molar-refractivity contribution in [2.24, 2.45) is 11.8 Å². The standard InChI is InChI=1S/C16H14N4O6/c21-11-9(12(22)18-15(25)17-11)5-7-1-2-8(4-3-7)6-10-13(23)19-16(26)20-14(10)24/h1-4,9-10H,5-6H2,(H2,17,18,21,22,25)(H2,19,20,23,24,26). The van der Waals surface area contributed by atoms with Crippen molar-refractivity contribution in [2.45, 2.75) is 12.8 Å². The first kappa shape index (κ1) is 17.3. The van der Waals surface area contributed by atoms with Gasteiger partial charge in [0.25, 0.3) is 0 Å². The second kappa shape index (κ2) is 6.75. The lowest BCUT2D eigenvalue weighted by Crippen LogP contribution is -2.56. The van der Waals surface area contributed by atoms with Gasteiger partial charge in [-0.15, -0.1) is 0 Å². The Kier molecular flexibility index (Phi) is 4.48. The van der Waals surface area contributed by atoms with Crippen LogP contribution >= 0.6 is 0 Å². The van der Waals surface area contributed by atoms with Crippen LogP contribution in [0.5, 0.6) is 0 Å². The molecule has 2 fully saturated rings. The number of nitrogens with one attached hydrogen (secondary N) is 4. The highest BCUT2D eigenvalue weighted by molar-refractivity contribution is 6.17. The number of hydrogen-bond donors (Lipinski definition) is 4. The van der Waals surface area contributed by atoms with Crippen molar-refractivity contribution in [3.63, 3.8) is 0 Å². The Bertz CT molecular complexity index is 723. The zero-order valence-corrected chi connectivity index (χ0v) is 13.3. The molecular formula is C16H14N4O6. The minimum atomic E-state index is -1.01. The third-order valence-corrected chi connectivity index (χ3v) is 4.12. The fraction of sp³-hybridized carbons (Fsp3) is 0.250. The summed E-state index contributed by atoms with van der Waals surface area (Å²) in [4.78, 5) is 69.0. The van der Waals surface area contributed by atoms with Gasteiger partial charge in [-0.25, -0.2) is 9.59 Å². The van der Waals surface area contributed by atoms with E-state index >= 15 is 0 Å². The first-order valence-corrected chi connectivity index (χ1v) is 7.72. The third kappa shape index (κ3) is 3.58. The number of urea groups is 2. The molecule has 1 aromatic carbocycles. The number of rotatable bonds is 4. The van der Waals surface area contributed by atoms with Gasteiger partial charge in [-0.05, 0) is 24.0 Å². The van der Waals surface area contributed by atoms with E-state index in [0.717, 1.165) is 0 Å². The van der Waals surface area contributed by atoms with E-state index in [9.17, 15) is 28.8 Å². The molecule has 1 aromatic rings. The summed E-state index contributed by atoms with van der Waals surface area (Å²) in [6, 6.07) is 4.97. The molecule has 0 radical (unpaired) electrons. The summed E-state index contributed by atoms with van der Waals surface area (Å²) in [5.74, 6) is -4.68. The second-order valence-electron chi connectivity index (χ2n) is 5.95. The Labute approximate surface area is 146 Å². The highest BCUT2D eigenvalue weighted by Gasteiger charge is 2.35. The van der Waals surface area contributed by atoms with E-state index in [-0.39, 0.29) is 12.8 Å². The number of carbonyl (C=O) groups is 6. The van der Waals surface area contributed by atoms with Crippen LogP contribution in [0.1, 0.15) is 11.1 Å². The summed E-state index contributed by atoms with van der Waals surface area (Å²) in [6.45, 7) is 0. The van der Waals surface area contributed by atoms with Crippen LogP contribution in [0.3, 0.4) is 0 Å². The van der Waals surface area contributed by atoms with Gasteiger partial charge in [-0.2, -0.15) is 0 Å². The summed E-state index contributed by atoms with van der Waals surface area (Å²) in [5, 5.41) is 8.13. The predicted molar refractivity (Wildman–Crippen MR) is 84.2 cm³/mol. The van der Waals surface area contributed by atoms with Gasteiger partial charge in [0.15, 0.2) is 0 Å². The van der Waals surface area contributed by atoms with E-state index in [1.807, 2.05) is 21.3 Å². The van der Waals surface area contributed by atoms with Crippen LogP contribution in [0.2, 0.25) is 0 Å². The van der Waals surface area contributed by atoms with E-state index in [0.29, 0.717) is 11.1 Å². The maximum atomic E-state index is 11.7. The molecule has 3 rings (SSSR count). The molecule has 0 atom stereocenters. The molecule has 10 heteroatoms. The number of barbiturate groups is 2. The van der Waals surface area contributed by atoms with Crippen LogP contribution in [0.25, 0.3) is 0 Å². The highest BCUT2D eigenvalue weighted by Crippen LogP contribution is 2.16. The molecule has 2 aliphatic rings. The molecule has 2 heterocycles. The van der Waals surface area contributed by atoms with E-state index < -0.39 is 47.5 Å². The zero-order valence-electron chi connectivity index (χ0n) is 13.3. The molecule has 8 amide bonds. The Morgan fingerprint density at radius 3 is 1.08 bits per heavy atom. The maximum Gasteiger partial charge on any atom is 0.328 e. The lowest BCUT2D eigenvalue weighted by molar-refractivity contribution is -0.137. The van der Waals surface area contributed by atoms with Gasteiger partial charge in [0.05, 0.1) is 0 Å². The topological polar surface area (TPSA) is 151 Å². The molecule has 0 bridgehead atoms. The minimum Gasteiger partial charge on any atom is -0.277 e. The van der Waals surface area contributed by atoms with Gasteiger partial charge in [0, 0.05) is 0 Å². The van der Waals surface area contributed by atoms with Crippen molar-refractivity contribution in [1.82, 2.24) is 21.3 Å². The van der Waals surface area contributed by atoms with Gasteiger partial charge in [-0.3, -0.25) is 40.4 Å². The molecular weight excluding hydrogens is 344 g/mol. The molecule has 26 heavy (non-hydrogen) atoms. The summed E-state index contributed by atoms with van der Waals surface area (Å²) < 4.78 is 0. The van der Waals surface area contributed by atoms with Crippen LogP contribution in [0.15, 0.2) is 24.3 Å². The summed E-state index contributed by atoms with van der Waals surface area (Å²) >= 11 is 0. The van der Waals surface area contributed by atoms with Crippen molar-refractivity contribution >= 4 is 35.7 Å². The van der Waals surface area contributed by atoms with Crippen LogP contribution in [0, 0.1) is 11.8 Å².